The van der Waals surface area contributed by atoms with Crippen molar-refractivity contribution < 1.29 is 4.79 Å². The molecule has 1 N–H and O–H groups in total. The molecule has 128 valence electrons. The van der Waals surface area contributed by atoms with Gasteiger partial charge in [-0.25, -0.2) is 9.97 Å². The van der Waals surface area contributed by atoms with E-state index in [-0.39, 0.29) is 5.91 Å². The monoisotopic (exact) mass is 335 g/mol. The first kappa shape index (κ1) is 16.9. The minimum absolute atomic E-state index is 0.276. The second-order valence-electron chi connectivity index (χ2n) is 6.53. The number of carbonyl (C=O) groups excluding carboxylic acids is 1. The molecule has 1 atom stereocenters. The lowest BCUT2D eigenvalue weighted by Crippen LogP contribution is -2.36. The summed E-state index contributed by atoms with van der Waals surface area (Å²) in [6.45, 7) is 5.93. The fourth-order valence-corrected chi connectivity index (χ4v) is 3.00. The highest BCUT2D eigenvalue weighted by Gasteiger charge is 2.20. The van der Waals surface area contributed by atoms with E-state index in [1.807, 2.05) is 6.92 Å². The summed E-state index contributed by atoms with van der Waals surface area (Å²) in [7, 11) is 0. The van der Waals surface area contributed by atoms with E-state index in [2.05, 4.69) is 33.2 Å². The van der Waals surface area contributed by atoms with Gasteiger partial charge in [0, 0.05) is 24.5 Å². The number of nitrogens with zero attached hydrogens (tertiary/aromatic N) is 4. The summed E-state index contributed by atoms with van der Waals surface area (Å²) in [5, 5.41) is 11.7. The SMILES string of the molecule is Cc1cc(C(=O)Nc2ccc(C#N)cc2)nc(N2CCCC(C)C2)n1. The molecule has 2 heterocycles. The number of aryl methyl sites for hydroxylation is 1. The second kappa shape index (κ2) is 7.31. The molecule has 0 radical (unpaired) electrons. The first-order chi connectivity index (χ1) is 12.0. The minimum atomic E-state index is -0.276. The largest absolute Gasteiger partial charge is 0.341 e. The molecule has 6 heteroatoms. The fourth-order valence-electron chi connectivity index (χ4n) is 3.00. The number of rotatable bonds is 3. The Morgan fingerprint density at radius 2 is 2.08 bits per heavy atom. The van der Waals surface area contributed by atoms with E-state index in [9.17, 15) is 4.79 Å². The molecule has 0 spiro atoms. The molecule has 2 aromatic rings. The number of hydrogen-bond donors (Lipinski definition) is 1. The summed E-state index contributed by atoms with van der Waals surface area (Å²) in [6, 6.07) is 10.5. The zero-order valence-electron chi connectivity index (χ0n) is 14.5. The van der Waals surface area contributed by atoms with Gasteiger partial charge in [-0.05, 0) is 56.0 Å². The van der Waals surface area contributed by atoms with E-state index in [1.54, 1.807) is 30.3 Å². The van der Waals surface area contributed by atoms with Crippen LogP contribution in [-0.2, 0) is 0 Å². The Morgan fingerprint density at radius 3 is 2.76 bits per heavy atom. The van der Waals surface area contributed by atoms with Gasteiger partial charge in [0.25, 0.3) is 5.91 Å². The normalized spacial score (nSPS) is 17.0. The standard InChI is InChI=1S/C19H21N5O/c1-13-4-3-9-24(12-13)19-21-14(2)10-17(23-19)18(25)22-16-7-5-15(11-20)6-8-16/h5-8,10,13H,3-4,9,12H2,1-2H3,(H,22,25). The Hall–Kier alpha value is -2.94. The van der Waals surface area contributed by atoms with Crippen LogP contribution >= 0.6 is 0 Å². The quantitative estimate of drug-likeness (QED) is 0.932. The lowest BCUT2D eigenvalue weighted by molar-refractivity contribution is 0.102. The van der Waals surface area contributed by atoms with Gasteiger partial charge in [0.1, 0.15) is 5.69 Å². The van der Waals surface area contributed by atoms with Crippen LogP contribution in [0.15, 0.2) is 30.3 Å². The van der Waals surface area contributed by atoms with Crippen LogP contribution in [-0.4, -0.2) is 29.0 Å². The highest BCUT2D eigenvalue weighted by molar-refractivity contribution is 6.03. The maximum Gasteiger partial charge on any atom is 0.274 e. The Labute approximate surface area is 147 Å². The molecule has 1 aliphatic rings. The molecule has 0 saturated carbocycles. The summed E-state index contributed by atoms with van der Waals surface area (Å²) in [6.07, 6.45) is 2.33. The number of aromatic nitrogens is 2. The van der Waals surface area contributed by atoms with Gasteiger partial charge in [0.15, 0.2) is 0 Å². The maximum absolute atomic E-state index is 12.5. The molecule has 1 fully saturated rings. The number of carbonyl (C=O) groups is 1. The molecule has 1 aromatic carbocycles. The van der Waals surface area contributed by atoms with Crippen molar-refractivity contribution in [3.05, 3.63) is 47.3 Å². The molecule has 3 rings (SSSR count). The van der Waals surface area contributed by atoms with Crippen molar-refractivity contribution in [1.82, 2.24) is 9.97 Å². The van der Waals surface area contributed by atoms with E-state index < -0.39 is 0 Å². The molecule has 1 saturated heterocycles. The summed E-state index contributed by atoms with van der Waals surface area (Å²) < 4.78 is 0. The van der Waals surface area contributed by atoms with Gasteiger partial charge in [-0.1, -0.05) is 6.92 Å². The number of nitriles is 1. The number of benzene rings is 1. The van der Waals surface area contributed by atoms with Crippen LogP contribution in [0.5, 0.6) is 0 Å². The topological polar surface area (TPSA) is 81.9 Å². The number of nitrogens with one attached hydrogen (secondary N) is 1. The van der Waals surface area contributed by atoms with Gasteiger partial charge in [0.2, 0.25) is 5.95 Å². The zero-order chi connectivity index (χ0) is 17.8. The van der Waals surface area contributed by atoms with Crippen molar-refractivity contribution in [3.63, 3.8) is 0 Å². The molecule has 0 bridgehead atoms. The van der Waals surface area contributed by atoms with Gasteiger partial charge in [-0.15, -0.1) is 0 Å². The van der Waals surface area contributed by atoms with Crippen molar-refractivity contribution in [1.29, 1.82) is 5.26 Å². The van der Waals surface area contributed by atoms with Crippen molar-refractivity contribution >= 4 is 17.5 Å². The Bertz CT molecular complexity index is 810. The van der Waals surface area contributed by atoms with Crippen molar-refractivity contribution in [3.8, 4) is 6.07 Å². The van der Waals surface area contributed by atoms with Crippen LogP contribution < -0.4 is 10.2 Å². The van der Waals surface area contributed by atoms with Gasteiger partial charge >= 0.3 is 0 Å². The maximum atomic E-state index is 12.5. The summed E-state index contributed by atoms with van der Waals surface area (Å²) in [4.78, 5) is 23.7. The smallest absolute Gasteiger partial charge is 0.274 e. The fraction of sp³-hybridized carbons (Fsp3) is 0.368. The van der Waals surface area contributed by atoms with E-state index >= 15 is 0 Å². The van der Waals surface area contributed by atoms with Crippen LogP contribution in [0.3, 0.4) is 0 Å². The Morgan fingerprint density at radius 1 is 1.32 bits per heavy atom. The predicted molar refractivity (Wildman–Crippen MR) is 96.5 cm³/mol. The molecular formula is C19H21N5O. The van der Waals surface area contributed by atoms with Crippen LogP contribution in [0, 0.1) is 24.2 Å². The first-order valence-corrected chi connectivity index (χ1v) is 8.47. The second-order valence-corrected chi connectivity index (χ2v) is 6.53. The predicted octanol–water partition coefficient (Wildman–Crippen LogP) is 3.15. The zero-order valence-corrected chi connectivity index (χ0v) is 14.5. The summed E-state index contributed by atoms with van der Waals surface area (Å²) in [5.74, 6) is 0.951. The van der Waals surface area contributed by atoms with E-state index in [1.165, 1.54) is 6.42 Å². The first-order valence-electron chi connectivity index (χ1n) is 8.47. The Kier molecular flexibility index (Phi) is 4.94. The third-order valence-electron chi connectivity index (χ3n) is 4.29. The lowest BCUT2D eigenvalue weighted by Gasteiger charge is -2.31. The minimum Gasteiger partial charge on any atom is -0.341 e. The highest BCUT2D eigenvalue weighted by atomic mass is 16.1. The number of anilines is 2. The molecule has 1 unspecified atom stereocenters. The third-order valence-corrected chi connectivity index (χ3v) is 4.29. The van der Waals surface area contributed by atoms with Crippen molar-refractivity contribution in [2.45, 2.75) is 26.7 Å². The highest BCUT2D eigenvalue weighted by Crippen LogP contribution is 2.21. The van der Waals surface area contributed by atoms with Crippen LogP contribution in [0.2, 0.25) is 0 Å². The van der Waals surface area contributed by atoms with Crippen molar-refractivity contribution in [2.24, 2.45) is 5.92 Å². The van der Waals surface area contributed by atoms with E-state index in [0.29, 0.717) is 28.8 Å². The number of hydrogen-bond acceptors (Lipinski definition) is 5. The molecule has 1 amide bonds. The van der Waals surface area contributed by atoms with Crippen LogP contribution in [0.1, 0.15) is 41.5 Å². The number of amides is 1. The van der Waals surface area contributed by atoms with Gasteiger partial charge in [-0.3, -0.25) is 4.79 Å². The lowest BCUT2D eigenvalue weighted by atomic mass is 10.0. The average molecular weight is 335 g/mol. The molecule has 0 aliphatic carbocycles. The van der Waals surface area contributed by atoms with Gasteiger partial charge in [0.05, 0.1) is 11.6 Å². The van der Waals surface area contributed by atoms with Crippen molar-refractivity contribution in [2.75, 3.05) is 23.3 Å². The van der Waals surface area contributed by atoms with Gasteiger partial charge in [-0.2, -0.15) is 5.26 Å². The Balaban J connectivity index is 1.79. The average Bonchev–Trinajstić information content (AvgIpc) is 2.62. The molecular weight excluding hydrogens is 314 g/mol. The van der Waals surface area contributed by atoms with Gasteiger partial charge < -0.3 is 10.2 Å². The molecule has 1 aliphatic heterocycles. The molecule has 6 nitrogen and oxygen atoms in total. The third kappa shape index (κ3) is 4.13. The van der Waals surface area contributed by atoms with E-state index in [0.717, 1.165) is 25.2 Å². The summed E-state index contributed by atoms with van der Waals surface area (Å²) >= 11 is 0. The van der Waals surface area contributed by atoms with Crippen LogP contribution in [0.25, 0.3) is 0 Å². The van der Waals surface area contributed by atoms with Crippen LogP contribution in [0.4, 0.5) is 11.6 Å². The molecule has 1 aromatic heterocycles. The summed E-state index contributed by atoms with van der Waals surface area (Å²) in [5.41, 5.74) is 2.31. The number of piperidine rings is 1. The molecule has 25 heavy (non-hydrogen) atoms. The van der Waals surface area contributed by atoms with E-state index in [4.69, 9.17) is 5.26 Å².